The maximum absolute atomic E-state index is 12.0. The monoisotopic (exact) mass is 415 g/mol. The van der Waals surface area contributed by atoms with Gasteiger partial charge in [-0.3, -0.25) is 14.9 Å². The second-order valence-corrected chi connectivity index (χ2v) is 8.10. The number of para-hydroxylation sites is 1. The molecular weight excluding hydrogens is 386 g/mol. The van der Waals surface area contributed by atoms with Crippen LogP contribution in [-0.4, -0.2) is 16.6 Å². The van der Waals surface area contributed by atoms with Crippen LogP contribution in [0.15, 0.2) is 59.5 Å². The van der Waals surface area contributed by atoms with Gasteiger partial charge in [0, 0.05) is 23.4 Å². The average Bonchev–Trinajstić information content (AvgIpc) is 2.73. The summed E-state index contributed by atoms with van der Waals surface area (Å²) in [5.41, 5.74) is 0.0468. The van der Waals surface area contributed by atoms with Crippen LogP contribution in [0.3, 0.4) is 0 Å². The second kappa shape index (κ2) is 13.8. The first kappa shape index (κ1) is 22.9. The Morgan fingerprint density at radius 3 is 2.03 bits per heavy atom. The fourth-order valence-corrected chi connectivity index (χ4v) is 3.74. The van der Waals surface area contributed by atoms with Crippen LogP contribution >= 0.6 is 11.8 Å². The number of carbonyl (C=O) groups is 1. The summed E-state index contributed by atoms with van der Waals surface area (Å²) in [4.78, 5) is 22.9. The standard InChI is InChI=1S/C23H29NO4S/c25-23(29-22-17-15-20(16-18-22)24(26)27)14-10-5-3-1-2-4-6-11-19-28-21-12-8-7-9-13-21/h7-9,12-13,15-18H,1-6,10-11,14,19H2. The number of nitrogens with zero attached hydrogens (tertiary/aromatic N) is 1. The number of non-ortho nitro benzene ring substituents is 1. The molecule has 0 saturated carbocycles. The number of ether oxygens (including phenoxy) is 1. The summed E-state index contributed by atoms with van der Waals surface area (Å²) in [7, 11) is 0. The fourth-order valence-electron chi connectivity index (χ4n) is 2.96. The van der Waals surface area contributed by atoms with E-state index in [1.54, 1.807) is 12.1 Å². The van der Waals surface area contributed by atoms with E-state index in [0.29, 0.717) is 6.42 Å². The van der Waals surface area contributed by atoms with E-state index in [4.69, 9.17) is 4.74 Å². The maximum Gasteiger partial charge on any atom is 0.269 e. The minimum absolute atomic E-state index is 0.0468. The van der Waals surface area contributed by atoms with E-state index < -0.39 is 4.92 Å². The Morgan fingerprint density at radius 2 is 1.41 bits per heavy atom. The highest BCUT2D eigenvalue weighted by atomic mass is 32.2. The summed E-state index contributed by atoms with van der Waals surface area (Å²) in [5.74, 6) is 0.939. The summed E-state index contributed by atoms with van der Waals surface area (Å²) < 4.78 is 5.68. The molecule has 0 N–H and O–H groups in total. The van der Waals surface area contributed by atoms with Crippen LogP contribution in [0.4, 0.5) is 5.69 Å². The third kappa shape index (κ3) is 10.1. The van der Waals surface area contributed by atoms with Gasteiger partial charge in [0.15, 0.2) is 5.12 Å². The average molecular weight is 416 g/mol. The summed E-state index contributed by atoms with van der Waals surface area (Å²) in [6.07, 6.45) is 9.65. The molecule has 2 aromatic rings. The van der Waals surface area contributed by atoms with Crippen molar-refractivity contribution in [2.24, 2.45) is 0 Å². The number of rotatable bonds is 14. The lowest BCUT2D eigenvalue weighted by Gasteiger charge is -2.06. The molecule has 0 spiro atoms. The molecule has 0 aromatic heterocycles. The summed E-state index contributed by atoms with van der Waals surface area (Å²) in [5, 5.41) is 10.8. The highest BCUT2D eigenvalue weighted by Crippen LogP contribution is 2.24. The largest absolute Gasteiger partial charge is 0.494 e. The van der Waals surface area contributed by atoms with E-state index in [0.717, 1.165) is 42.9 Å². The molecule has 0 radical (unpaired) electrons. The Balaban J connectivity index is 1.40. The van der Waals surface area contributed by atoms with Gasteiger partial charge >= 0.3 is 0 Å². The highest BCUT2D eigenvalue weighted by Gasteiger charge is 2.08. The molecule has 0 saturated heterocycles. The molecule has 0 heterocycles. The zero-order valence-corrected chi connectivity index (χ0v) is 17.6. The lowest BCUT2D eigenvalue weighted by atomic mass is 10.1. The van der Waals surface area contributed by atoms with Crippen LogP contribution in [0.2, 0.25) is 0 Å². The van der Waals surface area contributed by atoms with Crippen molar-refractivity contribution in [3.63, 3.8) is 0 Å². The van der Waals surface area contributed by atoms with Crippen molar-refractivity contribution < 1.29 is 14.5 Å². The number of hydrogen-bond acceptors (Lipinski definition) is 5. The van der Waals surface area contributed by atoms with Crippen LogP contribution in [0, 0.1) is 10.1 Å². The Hall–Kier alpha value is -2.34. The molecule has 0 bridgehead atoms. The molecule has 2 aromatic carbocycles. The van der Waals surface area contributed by atoms with Gasteiger partial charge in [-0.2, -0.15) is 0 Å². The van der Waals surface area contributed by atoms with Crippen molar-refractivity contribution in [3.05, 3.63) is 64.7 Å². The first-order chi connectivity index (χ1) is 14.1. The molecule has 0 aliphatic rings. The lowest BCUT2D eigenvalue weighted by Crippen LogP contribution is -1.96. The maximum atomic E-state index is 12.0. The molecule has 0 unspecified atom stereocenters. The quantitative estimate of drug-likeness (QED) is 0.147. The van der Waals surface area contributed by atoms with E-state index in [2.05, 4.69) is 0 Å². The lowest BCUT2D eigenvalue weighted by molar-refractivity contribution is -0.384. The number of benzene rings is 2. The topological polar surface area (TPSA) is 69.4 Å². The molecule has 0 atom stereocenters. The Bertz CT molecular complexity index is 734. The van der Waals surface area contributed by atoms with Crippen LogP contribution in [0.25, 0.3) is 0 Å². The summed E-state index contributed by atoms with van der Waals surface area (Å²) in [6, 6.07) is 16.0. The highest BCUT2D eigenvalue weighted by molar-refractivity contribution is 8.13. The molecule has 29 heavy (non-hydrogen) atoms. The van der Waals surface area contributed by atoms with Crippen molar-refractivity contribution in [2.45, 2.75) is 62.7 Å². The van der Waals surface area contributed by atoms with Gasteiger partial charge in [-0.15, -0.1) is 0 Å². The number of thioether (sulfide) groups is 1. The van der Waals surface area contributed by atoms with E-state index in [-0.39, 0.29) is 10.8 Å². The van der Waals surface area contributed by atoms with E-state index in [9.17, 15) is 14.9 Å². The van der Waals surface area contributed by atoms with Gasteiger partial charge in [0.2, 0.25) is 0 Å². The van der Waals surface area contributed by atoms with Crippen LogP contribution in [0.1, 0.15) is 57.8 Å². The molecule has 0 fully saturated rings. The van der Waals surface area contributed by atoms with Gasteiger partial charge in [-0.25, -0.2) is 0 Å². The van der Waals surface area contributed by atoms with Gasteiger partial charge in [0.25, 0.3) is 5.69 Å². The van der Waals surface area contributed by atoms with E-state index in [1.807, 2.05) is 30.3 Å². The predicted molar refractivity (Wildman–Crippen MR) is 117 cm³/mol. The van der Waals surface area contributed by atoms with E-state index in [1.165, 1.54) is 49.6 Å². The molecule has 2 rings (SSSR count). The van der Waals surface area contributed by atoms with Crippen molar-refractivity contribution in [2.75, 3.05) is 6.61 Å². The SMILES string of the molecule is O=C(CCCCCCCCCCOc1ccccc1)Sc1ccc([N+](=O)[O-])cc1. The molecule has 0 aliphatic heterocycles. The first-order valence-electron chi connectivity index (χ1n) is 10.3. The van der Waals surface area contributed by atoms with Crippen molar-refractivity contribution >= 4 is 22.6 Å². The van der Waals surface area contributed by atoms with Gasteiger partial charge in [-0.05, 0) is 37.1 Å². The molecule has 0 aliphatic carbocycles. The van der Waals surface area contributed by atoms with Gasteiger partial charge < -0.3 is 4.74 Å². The van der Waals surface area contributed by atoms with Gasteiger partial charge in [0.05, 0.1) is 11.5 Å². The minimum atomic E-state index is -0.436. The van der Waals surface area contributed by atoms with Gasteiger partial charge in [0.1, 0.15) is 5.75 Å². The molecule has 156 valence electrons. The number of carbonyl (C=O) groups excluding carboxylic acids is 1. The number of unbranched alkanes of at least 4 members (excludes halogenated alkanes) is 7. The molecule has 6 heteroatoms. The minimum Gasteiger partial charge on any atom is -0.494 e. The normalized spacial score (nSPS) is 10.6. The number of nitro groups is 1. The fraction of sp³-hybridized carbons (Fsp3) is 0.435. The van der Waals surface area contributed by atoms with E-state index >= 15 is 0 Å². The van der Waals surface area contributed by atoms with Crippen molar-refractivity contribution in [3.8, 4) is 5.75 Å². The molecule has 0 amide bonds. The van der Waals surface area contributed by atoms with Crippen LogP contribution < -0.4 is 4.74 Å². The zero-order chi connectivity index (χ0) is 20.7. The molecular formula is C23H29NO4S. The number of hydrogen-bond donors (Lipinski definition) is 0. The Labute approximate surface area is 177 Å². The third-order valence-electron chi connectivity index (χ3n) is 4.57. The zero-order valence-electron chi connectivity index (χ0n) is 16.8. The summed E-state index contributed by atoms with van der Waals surface area (Å²) in [6.45, 7) is 0.776. The van der Waals surface area contributed by atoms with Crippen LogP contribution in [0.5, 0.6) is 5.75 Å². The first-order valence-corrected chi connectivity index (χ1v) is 11.1. The Morgan fingerprint density at radius 1 is 0.828 bits per heavy atom. The van der Waals surface area contributed by atoms with Gasteiger partial charge in [-0.1, -0.05) is 68.5 Å². The second-order valence-electron chi connectivity index (χ2n) is 6.97. The predicted octanol–water partition coefficient (Wildman–Crippen LogP) is 6.80. The summed E-state index contributed by atoms with van der Waals surface area (Å²) >= 11 is 1.17. The number of nitro benzene ring substituents is 1. The third-order valence-corrected chi connectivity index (χ3v) is 5.51. The van der Waals surface area contributed by atoms with Crippen molar-refractivity contribution in [1.82, 2.24) is 0 Å². The Kier molecular flexibility index (Phi) is 10.9. The van der Waals surface area contributed by atoms with Crippen molar-refractivity contribution in [1.29, 1.82) is 0 Å². The smallest absolute Gasteiger partial charge is 0.269 e. The van der Waals surface area contributed by atoms with Crippen LogP contribution in [-0.2, 0) is 4.79 Å². The molecule has 5 nitrogen and oxygen atoms in total.